The summed E-state index contributed by atoms with van der Waals surface area (Å²) in [5.74, 6) is -2.23. The van der Waals surface area contributed by atoms with Gasteiger partial charge in [-0.25, -0.2) is 4.79 Å². The van der Waals surface area contributed by atoms with Crippen molar-refractivity contribution in [1.29, 1.82) is 5.26 Å². The normalized spacial score (nSPS) is 10.7. The zero-order chi connectivity index (χ0) is 19.1. The highest BCUT2D eigenvalue weighted by molar-refractivity contribution is 6.01. The molecule has 1 amide bonds. The molecule has 1 rings (SSSR count). The fourth-order valence-corrected chi connectivity index (χ4v) is 2.00. The quantitative estimate of drug-likeness (QED) is 0.198. The number of carbonyl (C=O) groups excluding carboxylic acids is 1. The molecule has 25 heavy (non-hydrogen) atoms. The fourth-order valence-electron chi connectivity index (χ4n) is 2.00. The Morgan fingerprint density at radius 1 is 1.40 bits per heavy atom. The van der Waals surface area contributed by atoms with Gasteiger partial charge in [-0.15, -0.1) is 0 Å². The summed E-state index contributed by atoms with van der Waals surface area (Å²) in [6.07, 6.45) is -0.729. The van der Waals surface area contributed by atoms with Crippen LogP contribution in [-0.2, 0) is 4.79 Å². The molecule has 0 aromatic heterocycles. The molecular formula is C15H15N3O7. The number of carbonyl (C=O) groups is 2. The minimum atomic E-state index is -1.79. The summed E-state index contributed by atoms with van der Waals surface area (Å²) in [7, 11) is 0. The minimum Gasteiger partial charge on any atom is -0.499 e. The number of nitro benzene ring substituents is 1. The van der Waals surface area contributed by atoms with Gasteiger partial charge in [0, 0.05) is 19.2 Å². The minimum absolute atomic E-state index is 0.0437. The zero-order valence-corrected chi connectivity index (χ0v) is 13.4. The Hall–Kier alpha value is -3.61. The number of benzene rings is 1. The molecule has 0 heterocycles. The van der Waals surface area contributed by atoms with Crippen LogP contribution in [0.15, 0.2) is 17.7 Å². The van der Waals surface area contributed by atoms with E-state index >= 15 is 0 Å². The first-order chi connectivity index (χ1) is 11.7. The average molecular weight is 349 g/mol. The van der Waals surface area contributed by atoms with Crippen LogP contribution in [0.3, 0.4) is 0 Å². The van der Waals surface area contributed by atoms with Gasteiger partial charge in [-0.05, 0) is 31.6 Å². The third-order valence-electron chi connectivity index (χ3n) is 3.18. The van der Waals surface area contributed by atoms with Crippen LogP contribution in [-0.4, -0.2) is 45.2 Å². The van der Waals surface area contributed by atoms with Crippen LogP contribution in [0.5, 0.6) is 11.5 Å². The Morgan fingerprint density at radius 3 is 2.44 bits per heavy atom. The van der Waals surface area contributed by atoms with E-state index in [-0.39, 0.29) is 11.1 Å². The van der Waals surface area contributed by atoms with Crippen molar-refractivity contribution < 1.29 is 29.5 Å². The number of phenols is 1. The molecule has 132 valence electrons. The van der Waals surface area contributed by atoms with Crippen LogP contribution in [0, 0.1) is 21.4 Å². The molecule has 0 aliphatic heterocycles. The molecule has 0 unspecified atom stereocenters. The SMILES string of the molecule is CCN(CC)C(=O)C(C#N)=Cc1cc(OC(=O)O)c(O)c([N+](=O)[O-])c1. The van der Waals surface area contributed by atoms with E-state index in [2.05, 4.69) is 4.74 Å². The number of nitrogens with zero attached hydrogens (tertiary/aromatic N) is 3. The van der Waals surface area contributed by atoms with Crippen molar-refractivity contribution in [3.63, 3.8) is 0 Å². The maximum atomic E-state index is 12.2. The van der Waals surface area contributed by atoms with Crippen LogP contribution in [0.2, 0.25) is 0 Å². The summed E-state index contributed by atoms with van der Waals surface area (Å²) >= 11 is 0. The maximum absolute atomic E-state index is 12.2. The fraction of sp³-hybridized carbons (Fsp3) is 0.267. The molecule has 0 bridgehead atoms. The molecule has 1 aromatic carbocycles. The highest BCUT2D eigenvalue weighted by Gasteiger charge is 2.23. The summed E-state index contributed by atoms with van der Waals surface area (Å²) in [4.78, 5) is 34.3. The van der Waals surface area contributed by atoms with Crippen LogP contribution in [0.4, 0.5) is 10.5 Å². The van der Waals surface area contributed by atoms with Crippen LogP contribution >= 0.6 is 0 Å². The molecule has 10 heteroatoms. The summed E-state index contributed by atoms with van der Waals surface area (Å²) < 4.78 is 4.30. The van der Waals surface area contributed by atoms with Crippen molar-refractivity contribution in [2.45, 2.75) is 13.8 Å². The molecule has 0 atom stereocenters. The number of nitro groups is 1. The topological polar surface area (TPSA) is 154 Å². The van der Waals surface area contributed by atoms with Crippen molar-refractivity contribution in [2.24, 2.45) is 0 Å². The Morgan fingerprint density at radius 2 is 2.00 bits per heavy atom. The summed E-state index contributed by atoms with van der Waals surface area (Å²) in [5, 5.41) is 38.5. The smallest absolute Gasteiger partial charge is 0.499 e. The number of amides is 1. The van der Waals surface area contributed by atoms with Gasteiger partial charge in [0.05, 0.1) is 4.92 Å². The lowest BCUT2D eigenvalue weighted by Crippen LogP contribution is -2.31. The average Bonchev–Trinajstić information content (AvgIpc) is 2.55. The summed E-state index contributed by atoms with van der Waals surface area (Å²) in [5.41, 5.74) is -1.17. The Balaban J connectivity index is 3.47. The molecule has 0 saturated heterocycles. The van der Waals surface area contributed by atoms with Gasteiger partial charge in [0.2, 0.25) is 5.75 Å². The molecule has 0 aliphatic rings. The van der Waals surface area contributed by atoms with E-state index in [1.807, 2.05) is 0 Å². The molecule has 10 nitrogen and oxygen atoms in total. The van der Waals surface area contributed by atoms with E-state index in [4.69, 9.17) is 5.11 Å². The number of likely N-dealkylation sites (N-methyl/N-ethyl adjacent to an activating group) is 1. The van der Waals surface area contributed by atoms with E-state index in [9.17, 15) is 30.1 Å². The van der Waals surface area contributed by atoms with E-state index in [0.717, 1.165) is 18.2 Å². The molecular weight excluding hydrogens is 334 g/mol. The highest BCUT2D eigenvalue weighted by Crippen LogP contribution is 2.37. The Labute approximate surface area is 142 Å². The number of hydrogen-bond donors (Lipinski definition) is 2. The third kappa shape index (κ3) is 4.68. The highest BCUT2D eigenvalue weighted by atomic mass is 16.7. The maximum Gasteiger partial charge on any atom is 0.511 e. The molecule has 1 aromatic rings. The van der Waals surface area contributed by atoms with Crippen LogP contribution in [0.25, 0.3) is 6.08 Å². The summed E-state index contributed by atoms with van der Waals surface area (Å²) in [6, 6.07) is 3.58. The molecule has 0 aliphatic carbocycles. The Kier molecular flexibility index (Phi) is 6.45. The molecule has 0 spiro atoms. The monoisotopic (exact) mass is 349 g/mol. The predicted molar refractivity (Wildman–Crippen MR) is 84.9 cm³/mol. The van der Waals surface area contributed by atoms with Crippen molar-refractivity contribution >= 4 is 23.8 Å². The van der Waals surface area contributed by atoms with Crippen LogP contribution < -0.4 is 4.74 Å². The van der Waals surface area contributed by atoms with E-state index < -0.39 is 34.2 Å². The van der Waals surface area contributed by atoms with Crippen molar-refractivity contribution in [1.82, 2.24) is 4.90 Å². The number of nitriles is 1. The van der Waals surface area contributed by atoms with E-state index in [0.29, 0.717) is 13.1 Å². The summed E-state index contributed by atoms with van der Waals surface area (Å²) in [6.45, 7) is 4.16. The van der Waals surface area contributed by atoms with Gasteiger partial charge in [0.15, 0.2) is 5.75 Å². The zero-order valence-electron chi connectivity index (χ0n) is 13.4. The lowest BCUT2D eigenvalue weighted by atomic mass is 10.1. The predicted octanol–water partition coefficient (Wildman–Crippen LogP) is 2.13. The second-order valence-corrected chi connectivity index (χ2v) is 4.66. The van der Waals surface area contributed by atoms with Gasteiger partial charge in [0.1, 0.15) is 11.6 Å². The largest absolute Gasteiger partial charge is 0.511 e. The van der Waals surface area contributed by atoms with Crippen LogP contribution in [0.1, 0.15) is 19.4 Å². The van der Waals surface area contributed by atoms with Gasteiger partial charge >= 0.3 is 11.8 Å². The molecule has 0 fully saturated rings. The first kappa shape index (κ1) is 19.4. The number of rotatable bonds is 6. The van der Waals surface area contributed by atoms with Gasteiger partial charge in [-0.1, -0.05) is 0 Å². The third-order valence-corrected chi connectivity index (χ3v) is 3.18. The lowest BCUT2D eigenvalue weighted by molar-refractivity contribution is -0.385. The van der Waals surface area contributed by atoms with Crippen molar-refractivity contribution in [2.75, 3.05) is 13.1 Å². The second kappa shape index (κ2) is 8.30. The first-order valence-corrected chi connectivity index (χ1v) is 7.08. The van der Waals surface area contributed by atoms with Gasteiger partial charge in [-0.2, -0.15) is 5.26 Å². The van der Waals surface area contributed by atoms with Crippen molar-refractivity contribution in [3.8, 4) is 17.6 Å². The molecule has 2 N–H and O–H groups in total. The second-order valence-electron chi connectivity index (χ2n) is 4.66. The number of phenolic OH excluding ortho intramolecular Hbond substituents is 1. The first-order valence-electron chi connectivity index (χ1n) is 7.08. The van der Waals surface area contributed by atoms with Crippen molar-refractivity contribution in [3.05, 3.63) is 33.4 Å². The number of hydrogen-bond acceptors (Lipinski definition) is 7. The van der Waals surface area contributed by atoms with E-state index in [1.54, 1.807) is 19.9 Å². The number of ether oxygens (including phenoxy) is 1. The lowest BCUT2D eigenvalue weighted by Gasteiger charge is -2.17. The Bertz CT molecular complexity index is 776. The number of aromatic hydroxyl groups is 1. The number of carboxylic acid groups (broad SMARTS) is 1. The standard InChI is InChI=1S/C15H15N3O7/c1-3-17(4-2)14(20)10(8-16)5-9-6-11(18(23)24)13(19)12(7-9)25-15(21)22/h5-7,19H,3-4H2,1-2H3,(H,21,22). The van der Waals surface area contributed by atoms with E-state index in [1.165, 1.54) is 4.90 Å². The van der Waals surface area contributed by atoms with Gasteiger partial charge in [0.25, 0.3) is 5.91 Å². The van der Waals surface area contributed by atoms with Gasteiger partial charge < -0.3 is 19.8 Å². The van der Waals surface area contributed by atoms with Gasteiger partial charge in [-0.3, -0.25) is 14.9 Å². The molecule has 0 saturated carbocycles. The molecule has 0 radical (unpaired) electrons.